The van der Waals surface area contributed by atoms with Crippen LogP contribution in [0.5, 0.6) is 0 Å². The number of hydrogen-bond donors (Lipinski definition) is 2. The number of aryl methyl sites for hydroxylation is 4. The van der Waals surface area contributed by atoms with Gasteiger partial charge in [0.1, 0.15) is 5.65 Å². The van der Waals surface area contributed by atoms with E-state index in [1.165, 1.54) is 11.8 Å². The van der Waals surface area contributed by atoms with Gasteiger partial charge in [-0.3, -0.25) is 9.48 Å². The first-order valence-electron chi connectivity index (χ1n) is 14.8. The van der Waals surface area contributed by atoms with Crippen molar-refractivity contribution in [2.75, 3.05) is 36.9 Å². The molecule has 220 valence electrons. The number of benzene rings is 2. The lowest BCUT2D eigenvalue weighted by atomic mass is 9.93. The van der Waals surface area contributed by atoms with E-state index < -0.39 is 0 Å². The molecule has 5 aromatic rings. The van der Waals surface area contributed by atoms with Crippen LogP contribution in [0.15, 0.2) is 67.5 Å². The van der Waals surface area contributed by atoms with Crippen LogP contribution in [0.2, 0.25) is 0 Å². The number of piperazine rings is 1. The Balaban J connectivity index is 1.52. The summed E-state index contributed by atoms with van der Waals surface area (Å²) in [5.74, 6) is -0.236. The topological polar surface area (TPSA) is 82.1 Å². The predicted molar refractivity (Wildman–Crippen MR) is 177 cm³/mol. The summed E-state index contributed by atoms with van der Waals surface area (Å²) in [5.41, 5.74) is 12.1. The highest BCUT2D eigenvalue weighted by Gasteiger charge is 2.23. The fourth-order valence-corrected chi connectivity index (χ4v) is 6.17. The molecule has 0 aliphatic carbocycles. The van der Waals surface area contributed by atoms with Gasteiger partial charge >= 0.3 is 0 Å². The number of pyridine rings is 1. The van der Waals surface area contributed by atoms with Crippen LogP contribution in [0.4, 0.5) is 11.4 Å². The Morgan fingerprint density at radius 2 is 1.79 bits per heavy atom. The highest BCUT2D eigenvalue weighted by Crippen LogP contribution is 2.43. The van der Waals surface area contributed by atoms with Gasteiger partial charge in [0.05, 0.1) is 11.4 Å². The van der Waals surface area contributed by atoms with Crippen molar-refractivity contribution in [2.24, 2.45) is 7.05 Å². The van der Waals surface area contributed by atoms with Gasteiger partial charge in [-0.2, -0.15) is 5.10 Å². The molecule has 2 aromatic carbocycles. The number of rotatable bonds is 6. The molecule has 0 bridgehead atoms. The molecule has 0 radical (unpaired) electrons. The maximum Gasteiger partial charge on any atom is 0.247 e. The van der Waals surface area contributed by atoms with Crippen molar-refractivity contribution in [3.05, 3.63) is 84.3 Å². The number of anilines is 2. The molecule has 1 atom stereocenters. The van der Waals surface area contributed by atoms with Gasteiger partial charge < -0.3 is 20.1 Å². The molecule has 0 saturated carbocycles. The van der Waals surface area contributed by atoms with Gasteiger partial charge in [0.2, 0.25) is 5.91 Å². The van der Waals surface area contributed by atoms with Crippen LogP contribution in [0.1, 0.15) is 23.7 Å². The number of aromatic nitrogens is 4. The molecule has 1 aliphatic rings. The lowest BCUT2D eigenvalue weighted by molar-refractivity contribution is -0.111. The molecular weight excluding hydrogens is 534 g/mol. The second-order valence-corrected chi connectivity index (χ2v) is 11.7. The maximum atomic E-state index is 12.3. The van der Waals surface area contributed by atoms with Crippen LogP contribution >= 0.6 is 0 Å². The lowest BCUT2D eigenvalue weighted by Crippen LogP contribution is -2.50. The van der Waals surface area contributed by atoms with Crippen molar-refractivity contribution in [1.29, 1.82) is 0 Å². The van der Waals surface area contributed by atoms with Gasteiger partial charge in [-0.05, 0) is 81.3 Å². The Hall–Kier alpha value is -4.69. The molecule has 4 heterocycles. The number of fused-ring (bicyclic) bond motifs is 1. The van der Waals surface area contributed by atoms with Crippen molar-refractivity contribution in [2.45, 2.75) is 33.7 Å². The molecule has 8 heteroatoms. The van der Waals surface area contributed by atoms with Crippen LogP contribution in [0.25, 0.3) is 44.5 Å². The van der Waals surface area contributed by atoms with Crippen molar-refractivity contribution in [3.63, 3.8) is 0 Å². The zero-order valence-electron chi connectivity index (χ0n) is 25.8. The van der Waals surface area contributed by atoms with Crippen LogP contribution in [-0.4, -0.2) is 63.3 Å². The average Bonchev–Trinajstić information content (AvgIpc) is 3.55. The normalized spacial score (nSPS) is 15.7. The van der Waals surface area contributed by atoms with E-state index in [-0.39, 0.29) is 5.91 Å². The zero-order valence-corrected chi connectivity index (χ0v) is 25.8. The van der Waals surface area contributed by atoms with E-state index in [2.05, 4.69) is 83.0 Å². The number of amides is 1. The number of nitrogens with one attached hydrogen (secondary N) is 2. The summed E-state index contributed by atoms with van der Waals surface area (Å²) in [4.78, 5) is 25.7. The summed E-state index contributed by atoms with van der Waals surface area (Å²) in [7, 11) is 4.13. The van der Waals surface area contributed by atoms with Crippen molar-refractivity contribution in [3.8, 4) is 33.5 Å². The van der Waals surface area contributed by atoms with Crippen LogP contribution in [-0.2, 0) is 11.8 Å². The smallest absolute Gasteiger partial charge is 0.247 e. The first-order valence-corrected chi connectivity index (χ1v) is 14.8. The fraction of sp³-hybridized carbons (Fsp3) is 0.286. The van der Waals surface area contributed by atoms with Gasteiger partial charge in [0.15, 0.2) is 0 Å². The molecule has 1 fully saturated rings. The van der Waals surface area contributed by atoms with Crippen molar-refractivity contribution in [1.82, 2.24) is 24.6 Å². The van der Waals surface area contributed by atoms with Gasteiger partial charge in [-0.25, -0.2) is 4.98 Å². The van der Waals surface area contributed by atoms with Gasteiger partial charge in [-0.15, -0.1) is 0 Å². The monoisotopic (exact) mass is 573 g/mol. The van der Waals surface area contributed by atoms with Crippen LogP contribution in [0.3, 0.4) is 0 Å². The molecule has 0 spiro atoms. The van der Waals surface area contributed by atoms with Gasteiger partial charge in [0, 0.05) is 78.6 Å². The largest absolute Gasteiger partial charge is 0.369 e. The molecular formula is C35H39N7O. The number of hydrogen-bond acceptors (Lipinski definition) is 5. The molecule has 1 amide bonds. The third-order valence-electron chi connectivity index (χ3n) is 8.84. The lowest BCUT2D eigenvalue weighted by Gasteiger charge is -2.39. The Morgan fingerprint density at radius 3 is 2.47 bits per heavy atom. The number of likely N-dealkylation sites (N-methyl/N-ethyl adjacent to an activating group) is 1. The number of aromatic amines is 1. The third kappa shape index (κ3) is 5.23. The maximum absolute atomic E-state index is 12.3. The van der Waals surface area contributed by atoms with Crippen molar-refractivity contribution >= 4 is 28.3 Å². The van der Waals surface area contributed by atoms with E-state index in [0.717, 1.165) is 86.7 Å². The van der Waals surface area contributed by atoms with Crippen LogP contribution in [0, 0.1) is 20.8 Å². The molecule has 3 aromatic heterocycles. The van der Waals surface area contributed by atoms with Crippen LogP contribution < -0.4 is 10.2 Å². The summed E-state index contributed by atoms with van der Waals surface area (Å²) >= 11 is 0. The minimum atomic E-state index is -0.236. The number of H-pyrrole nitrogens is 1. The Kier molecular flexibility index (Phi) is 7.40. The fourth-order valence-electron chi connectivity index (χ4n) is 6.17. The molecule has 1 saturated heterocycles. The predicted octanol–water partition coefficient (Wildman–Crippen LogP) is 6.49. The number of nitrogens with zero attached hydrogens (tertiary/aromatic N) is 5. The van der Waals surface area contributed by atoms with E-state index >= 15 is 0 Å². The van der Waals surface area contributed by atoms with E-state index in [0.29, 0.717) is 6.04 Å². The number of carbonyl (C=O) groups excluding carboxylic acids is 1. The highest BCUT2D eigenvalue weighted by molar-refractivity contribution is 6.07. The van der Waals surface area contributed by atoms with E-state index in [1.54, 1.807) is 0 Å². The molecule has 0 unspecified atom stereocenters. The minimum absolute atomic E-state index is 0.236. The molecule has 6 rings (SSSR count). The van der Waals surface area contributed by atoms with Gasteiger partial charge in [0.25, 0.3) is 0 Å². The summed E-state index contributed by atoms with van der Waals surface area (Å²) < 4.78 is 1.84. The minimum Gasteiger partial charge on any atom is -0.369 e. The second-order valence-electron chi connectivity index (χ2n) is 11.7. The average molecular weight is 574 g/mol. The second kappa shape index (κ2) is 11.2. The SMILES string of the molecule is C=CC(=O)Nc1cc(-c2c(-c3ccc(N4CCN(C)[C@@H](C)C4)cc3)[nH]c3ncc(-c4cn(C)nc4C)c(C)c23)ccc1C. The number of carbonyl (C=O) groups is 1. The quantitative estimate of drug-likeness (QED) is 0.227. The summed E-state index contributed by atoms with van der Waals surface area (Å²) in [6, 6.07) is 15.6. The first kappa shape index (κ1) is 28.4. The summed E-state index contributed by atoms with van der Waals surface area (Å²) in [6.07, 6.45) is 5.28. The Labute approximate surface area is 253 Å². The molecule has 1 aliphatic heterocycles. The Bertz CT molecular complexity index is 1850. The van der Waals surface area contributed by atoms with Gasteiger partial charge in [-0.1, -0.05) is 30.8 Å². The molecule has 8 nitrogen and oxygen atoms in total. The first-order chi connectivity index (χ1) is 20.6. The summed E-state index contributed by atoms with van der Waals surface area (Å²) in [6.45, 7) is 15.2. The third-order valence-corrected chi connectivity index (χ3v) is 8.84. The summed E-state index contributed by atoms with van der Waals surface area (Å²) in [5, 5.41) is 8.61. The van der Waals surface area contributed by atoms with Crippen molar-refractivity contribution < 1.29 is 4.79 Å². The van der Waals surface area contributed by atoms with E-state index in [9.17, 15) is 4.79 Å². The molecule has 2 N–H and O–H groups in total. The van der Waals surface area contributed by atoms with E-state index in [1.807, 2.05) is 50.1 Å². The zero-order chi connectivity index (χ0) is 30.4. The highest BCUT2D eigenvalue weighted by atomic mass is 16.1. The molecule has 43 heavy (non-hydrogen) atoms. The Morgan fingerprint density at radius 1 is 1.05 bits per heavy atom. The standard InChI is InChI=1S/C35H39N7O/c1-8-31(43)37-30-17-26(10-9-21(30)2)33-32-23(4)28(29-20-41(7)39-24(29)5)18-36-35(32)38-34(33)25-11-13-27(14-12-25)42-16-15-40(6)22(3)19-42/h8-14,17-18,20,22H,1,15-16,19H2,2-7H3,(H,36,38)(H,37,43)/t22-/m0/s1. The van der Waals surface area contributed by atoms with E-state index in [4.69, 9.17) is 4.98 Å².